The van der Waals surface area contributed by atoms with Gasteiger partial charge in [0.1, 0.15) is 31.1 Å². The molecule has 4 aromatic rings. The highest BCUT2D eigenvalue weighted by Gasteiger charge is 2.21. The molecule has 1 heterocycles. The van der Waals surface area contributed by atoms with Crippen LogP contribution in [0.3, 0.4) is 0 Å². The molecule has 7 nitrogen and oxygen atoms in total. The van der Waals surface area contributed by atoms with Crippen LogP contribution < -0.4 is 43.5 Å². The third kappa shape index (κ3) is 8.79. The summed E-state index contributed by atoms with van der Waals surface area (Å²) in [6.07, 6.45) is 4.30. The molecule has 0 spiro atoms. The van der Waals surface area contributed by atoms with Crippen LogP contribution in [-0.2, 0) is 11.3 Å². The first-order valence-corrected chi connectivity index (χ1v) is 13.7. The van der Waals surface area contributed by atoms with Gasteiger partial charge in [-0.3, -0.25) is 4.79 Å². The van der Waals surface area contributed by atoms with Gasteiger partial charge in [0.15, 0.2) is 12.4 Å². The summed E-state index contributed by atoms with van der Waals surface area (Å²) in [5, 5.41) is 4.83. The number of amides is 2. The average molecular weight is 751 g/mol. The lowest BCUT2D eigenvalue weighted by molar-refractivity contribution is -0.697. The van der Waals surface area contributed by atoms with E-state index in [0.29, 0.717) is 18.7 Å². The highest BCUT2D eigenvalue weighted by atomic mass is 127. The normalized spacial score (nSPS) is 10.4. The smallest absolute Gasteiger partial charge is 0.407 e. The predicted molar refractivity (Wildman–Crippen MR) is 157 cm³/mol. The van der Waals surface area contributed by atoms with Gasteiger partial charge in [-0.05, 0) is 52.2 Å². The first kappa shape index (κ1) is 30.6. The fourth-order valence-corrected chi connectivity index (χ4v) is 4.82. The lowest BCUT2D eigenvalue weighted by Crippen LogP contribution is -3.00. The first-order chi connectivity index (χ1) is 18.5. The molecule has 4 rings (SSSR count). The number of pyridine rings is 1. The molecule has 0 aliphatic heterocycles. The number of alkyl carbamates (subject to hydrolysis) is 1. The van der Waals surface area contributed by atoms with Gasteiger partial charge >= 0.3 is 6.09 Å². The van der Waals surface area contributed by atoms with Crippen molar-refractivity contribution in [1.29, 1.82) is 0 Å². The van der Waals surface area contributed by atoms with Crippen LogP contribution >= 0.6 is 22.6 Å². The average Bonchev–Trinajstić information content (AvgIpc) is 2.93. The van der Waals surface area contributed by atoms with Gasteiger partial charge in [-0.1, -0.05) is 61.5 Å². The monoisotopic (exact) mass is 751 g/mol. The molecule has 0 saturated heterocycles. The fourth-order valence-electron chi connectivity index (χ4n) is 4.13. The molecule has 0 atom stereocenters. The van der Waals surface area contributed by atoms with Crippen molar-refractivity contribution in [2.45, 2.75) is 19.9 Å². The van der Waals surface area contributed by atoms with E-state index in [-0.39, 0.29) is 43.0 Å². The maximum absolute atomic E-state index is 13.5. The zero-order valence-electron chi connectivity index (χ0n) is 21.7. The van der Waals surface area contributed by atoms with Crippen LogP contribution in [0, 0.1) is 3.57 Å². The number of halogens is 2. The highest BCUT2D eigenvalue weighted by molar-refractivity contribution is 14.1. The number of hydrogen-bond acceptors (Lipinski definition) is 4. The molecule has 39 heavy (non-hydrogen) atoms. The molecule has 0 unspecified atom stereocenters. The fraction of sp³-hybridized carbons (Fsp3) is 0.233. The van der Waals surface area contributed by atoms with E-state index in [4.69, 9.17) is 9.47 Å². The van der Waals surface area contributed by atoms with E-state index in [1.807, 2.05) is 95.8 Å². The van der Waals surface area contributed by atoms with Crippen molar-refractivity contribution in [2.75, 3.05) is 31.2 Å². The second-order valence-electron chi connectivity index (χ2n) is 8.66. The summed E-state index contributed by atoms with van der Waals surface area (Å²) in [5.74, 6) is 0.623. The minimum absolute atomic E-state index is 0. The number of para-hydroxylation sites is 1. The first-order valence-electron chi connectivity index (χ1n) is 12.6. The number of nitrogens with zero attached hydrogens (tertiary/aromatic N) is 2. The van der Waals surface area contributed by atoms with Crippen molar-refractivity contribution in [2.24, 2.45) is 0 Å². The van der Waals surface area contributed by atoms with Crippen molar-refractivity contribution >= 4 is 51.1 Å². The highest BCUT2D eigenvalue weighted by Crippen LogP contribution is 2.25. The van der Waals surface area contributed by atoms with Crippen LogP contribution in [0.5, 0.6) is 5.75 Å². The molecule has 0 bridgehead atoms. The number of ether oxygens (including phenoxy) is 2. The molecule has 0 fully saturated rings. The molecule has 0 aliphatic carbocycles. The standard InChI is InChI=1S/C30H30IN3O4.HI/c1-2-16-33-21-24(20-25(31)22-33)29(35)34(26-11-4-3-5-12-26)17-19-38-30(36)32-15-18-37-28-14-8-10-23-9-6-7-13-27(23)28;/h3-14,20-22H,2,15-19H2,1H3;1H. The Morgan fingerprint density at radius 3 is 2.49 bits per heavy atom. The van der Waals surface area contributed by atoms with Gasteiger partial charge in [0, 0.05) is 17.5 Å². The minimum Gasteiger partial charge on any atom is -1.00 e. The number of hydrogen-bond donors (Lipinski definition) is 1. The maximum Gasteiger partial charge on any atom is 0.407 e. The van der Waals surface area contributed by atoms with Gasteiger partial charge in [0.2, 0.25) is 0 Å². The number of benzene rings is 3. The van der Waals surface area contributed by atoms with Crippen LogP contribution in [-0.4, -0.2) is 38.3 Å². The van der Waals surface area contributed by atoms with Gasteiger partial charge in [-0.25, -0.2) is 9.36 Å². The zero-order valence-corrected chi connectivity index (χ0v) is 26.0. The van der Waals surface area contributed by atoms with E-state index < -0.39 is 6.09 Å². The van der Waals surface area contributed by atoms with Gasteiger partial charge < -0.3 is 43.7 Å². The number of nitrogens with one attached hydrogen (secondary N) is 1. The summed E-state index contributed by atoms with van der Waals surface area (Å²) in [4.78, 5) is 27.4. The Morgan fingerprint density at radius 1 is 0.949 bits per heavy atom. The second-order valence-corrected chi connectivity index (χ2v) is 9.91. The van der Waals surface area contributed by atoms with Crippen molar-refractivity contribution < 1.29 is 47.6 Å². The molecule has 0 saturated carbocycles. The van der Waals surface area contributed by atoms with Crippen LogP contribution in [0.2, 0.25) is 0 Å². The van der Waals surface area contributed by atoms with Crippen LogP contribution in [0.1, 0.15) is 23.7 Å². The Morgan fingerprint density at radius 2 is 1.69 bits per heavy atom. The summed E-state index contributed by atoms with van der Waals surface area (Å²) < 4.78 is 14.3. The lowest BCUT2D eigenvalue weighted by Gasteiger charge is -2.22. The number of aromatic nitrogens is 1. The summed E-state index contributed by atoms with van der Waals surface area (Å²) in [6.45, 7) is 3.81. The SMILES string of the molecule is CCC[n+]1cc(I)cc(C(=O)N(CCOC(=O)NCCOc2cccc3ccccc23)c2ccccc2)c1.[I-]. The van der Waals surface area contributed by atoms with E-state index in [1.54, 1.807) is 4.90 Å². The molecule has 2 amide bonds. The molecular formula is C30H31I2N3O4. The largest absolute Gasteiger partial charge is 1.00 e. The van der Waals surface area contributed by atoms with E-state index in [1.165, 1.54) is 0 Å². The lowest BCUT2D eigenvalue weighted by atomic mass is 10.1. The van der Waals surface area contributed by atoms with Crippen LogP contribution in [0.15, 0.2) is 91.3 Å². The molecular weight excluding hydrogens is 720 g/mol. The summed E-state index contributed by atoms with van der Waals surface area (Å²) in [5.41, 5.74) is 1.33. The Bertz CT molecular complexity index is 1380. The van der Waals surface area contributed by atoms with E-state index >= 15 is 0 Å². The summed E-state index contributed by atoms with van der Waals surface area (Å²) in [7, 11) is 0. The van der Waals surface area contributed by atoms with E-state index in [2.05, 4.69) is 34.8 Å². The van der Waals surface area contributed by atoms with Crippen LogP contribution in [0.25, 0.3) is 10.8 Å². The number of carbonyl (C=O) groups excluding carboxylic acids is 2. The maximum atomic E-state index is 13.5. The van der Waals surface area contributed by atoms with Gasteiger partial charge in [0.05, 0.1) is 16.7 Å². The molecule has 0 aliphatic rings. The Balaban J connectivity index is 0.00000420. The number of anilines is 1. The minimum atomic E-state index is -0.554. The predicted octanol–water partition coefficient (Wildman–Crippen LogP) is 2.60. The third-order valence-electron chi connectivity index (χ3n) is 5.86. The number of rotatable bonds is 11. The van der Waals surface area contributed by atoms with E-state index in [0.717, 1.165) is 38.7 Å². The molecule has 1 N–H and O–H groups in total. The van der Waals surface area contributed by atoms with Gasteiger partial charge in [0.25, 0.3) is 5.91 Å². The van der Waals surface area contributed by atoms with Crippen molar-refractivity contribution in [1.82, 2.24) is 5.32 Å². The van der Waals surface area contributed by atoms with Crippen molar-refractivity contribution in [3.63, 3.8) is 0 Å². The molecule has 204 valence electrons. The molecule has 1 aromatic heterocycles. The molecule has 9 heteroatoms. The van der Waals surface area contributed by atoms with Gasteiger partial charge in [-0.15, -0.1) is 0 Å². The quantitative estimate of drug-likeness (QED) is 0.146. The van der Waals surface area contributed by atoms with Crippen molar-refractivity contribution in [3.05, 3.63) is 100 Å². The van der Waals surface area contributed by atoms with Crippen LogP contribution in [0.4, 0.5) is 10.5 Å². The zero-order chi connectivity index (χ0) is 26.7. The Labute approximate surface area is 259 Å². The summed E-state index contributed by atoms with van der Waals surface area (Å²) >= 11 is 2.22. The summed E-state index contributed by atoms with van der Waals surface area (Å²) in [6, 6.07) is 25.1. The Hall–Kier alpha value is -2.93. The van der Waals surface area contributed by atoms with Crippen molar-refractivity contribution in [3.8, 4) is 5.75 Å². The number of carbonyl (C=O) groups is 2. The second kappa shape index (κ2) is 15.6. The number of aryl methyl sites for hydroxylation is 1. The topological polar surface area (TPSA) is 71.8 Å². The Kier molecular flexibility index (Phi) is 12.2. The number of fused-ring (bicyclic) bond motifs is 1. The third-order valence-corrected chi connectivity index (χ3v) is 6.45. The van der Waals surface area contributed by atoms with Gasteiger partial charge in [-0.2, -0.15) is 0 Å². The molecule has 0 radical (unpaired) electrons. The van der Waals surface area contributed by atoms with E-state index in [9.17, 15) is 9.59 Å². The molecule has 3 aromatic carbocycles.